The maximum atomic E-state index is 12.5. The Labute approximate surface area is 248 Å². The fraction of sp³-hybridized carbons (Fsp3) is 0.455. The molecule has 2 aromatic carbocycles. The highest BCUT2D eigenvalue weighted by Gasteiger charge is 2.35. The van der Waals surface area contributed by atoms with Crippen molar-refractivity contribution in [1.82, 2.24) is 19.8 Å². The average molecular weight is 565 g/mol. The minimum atomic E-state index is -0.199. The summed E-state index contributed by atoms with van der Waals surface area (Å²) in [5, 5.41) is 6.08. The van der Waals surface area contributed by atoms with Gasteiger partial charge in [0.15, 0.2) is 0 Å². The molecule has 2 aliphatic heterocycles. The van der Waals surface area contributed by atoms with Crippen molar-refractivity contribution in [3.63, 3.8) is 0 Å². The van der Waals surface area contributed by atoms with Crippen molar-refractivity contribution in [2.24, 2.45) is 5.92 Å². The van der Waals surface area contributed by atoms with E-state index < -0.39 is 0 Å². The number of aromatic nitrogens is 2. The highest BCUT2D eigenvalue weighted by molar-refractivity contribution is 5.94. The van der Waals surface area contributed by atoms with Crippen molar-refractivity contribution >= 4 is 34.1 Å². The Morgan fingerprint density at radius 2 is 1.95 bits per heavy atom. The number of carbonyl (C=O) groups excluding carboxylic acids is 1. The van der Waals surface area contributed by atoms with Crippen LogP contribution in [0.15, 0.2) is 55.1 Å². The van der Waals surface area contributed by atoms with Crippen LogP contribution in [0.4, 0.5) is 17.5 Å². The quantitative estimate of drug-likeness (QED) is 0.327. The zero-order valence-corrected chi connectivity index (χ0v) is 24.7. The number of amides is 1. The van der Waals surface area contributed by atoms with Crippen LogP contribution in [0.5, 0.6) is 0 Å². The molecular formula is C33H40N8O. The first kappa shape index (κ1) is 28.0. The van der Waals surface area contributed by atoms with Crippen molar-refractivity contribution in [2.75, 3.05) is 68.5 Å². The van der Waals surface area contributed by atoms with Gasteiger partial charge in [0.2, 0.25) is 18.4 Å². The molecule has 0 bridgehead atoms. The Morgan fingerprint density at radius 3 is 2.71 bits per heavy atom. The summed E-state index contributed by atoms with van der Waals surface area (Å²) in [6.45, 7) is 15.6. The summed E-state index contributed by atoms with van der Waals surface area (Å²) in [5.41, 5.74) is 3.45. The van der Waals surface area contributed by atoms with Crippen molar-refractivity contribution in [3.05, 3.63) is 77.8 Å². The molecule has 3 atom stereocenters. The van der Waals surface area contributed by atoms with E-state index in [-0.39, 0.29) is 18.5 Å². The second kappa shape index (κ2) is 12.0. The third-order valence-electron chi connectivity index (χ3n) is 9.26. The van der Waals surface area contributed by atoms with Gasteiger partial charge in [0, 0.05) is 55.4 Å². The van der Waals surface area contributed by atoms with Gasteiger partial charge in [-0.3, -0.25) is 4.79 Å². The second-order valence-electron chi connectivity index (χ2n) is 11.9. The summed E-state index contributed by atoms with van der Waals surface area (Å²) in [4.78, 5) is 35.2. The number of benzene rings is 2. The van der Waals surface area contributed by atoms with E-state index in [1.807, 2.05) is 0 Å². The standard InChI is InChI=1S/C33H40N8O/c1-5-31(42)41-18-17-40(21-25(41)20-34-2)32-27-15-16-39(30-12-8-10-23-9-6-7-11-26(23)30)22-28(27)36-33(37-32)35-19-24-13-14-29(24)38(3)4/h5-12,24-25,29H,1,13-22H2,3-4H3,(H,35,36,37)/t24?,25-,29?/m0/s1. The lowest BCUT2D eigenvalue weighted by molar-refractivity contribution is -0.128. The molecule has 0 radical (unpaired) electrons. The van der Waals surface area contributed by atoms with Crippen LogP contribution in [0.1, 0.15) is 24.1 Å². The Kier molecular flexibility index (Phi) is 7.98. The molecule has 1 amide bonds. The fourth-order valence-corrected chi connectivity index (χ4v) is 6.85. The van der Waals surface area contributed by atoms with E-state index in [1.165, 1.54) is 40.9 Å². The van der Waals surface area contributed by atoms with Gasteiger partial charge < -0.3 is 29.8 Å². The van der Waals surface area contributed by atoms with E-state index in [9.17, 15) is 4.79 Å². The lowest BCUT2D eigenvalue weighted by Crippen LogP contribution is -2.56. The summed E-state index contributed by atoms with van der Waals surface area (Å²) < 4.78 is 0. The first-order valence-corrected chi connectivity index (χ1v) is 15.0. The first-order chi connectivity index (χ1) is 20.5. The summed E-state index contributed by atoms with van der Waals surface area (Å²) in [7, 11) is 4.31. The number of nitrogens with one attached hydrogen (secondary N) is 1. The maximum absolute atomic E-state index is 12.5. The van der Waals surface area contributed by atoms with Crippen LogP contribution < -0.4 is 15.1 Å². The number of anilines is 3. The van der Waals surface area contributed by atoms with Gasteiger partial charge in [-0.05, 0) is 56.8 Å². The summed E-state index contributed by atoms with van der Waals surface area (Å²) in [5.74, 6) is 2.07. The monoisotopic (exact) mass is 564 g/mol. The van der Waals surface area contributed by atoms with Crippen LogP contribution in [-0.2, 0) is 17.8 Å². The number of piperazine rings is 1. The minimum absolute atomic E-state index is 0.114. The molecule has 1 saturated carbocycles. The van der Waals surface area contributed by atoms with Crippen LogP contribution in [0.3, 0.4) is 0 Å². The number of rotatable bonds is 8. The molecule has 1 aromatic heterocycles. The Bertz CT molecular complexity index is 1510. The fourth-order valence-electron chi connectivity index (χ4n) is 6.85. The molecule has 218 valence electrons. The van der Waals surface area contributed by atoms with E-state index in [4.69, 9.17) is 16.5 Å². The van der Waals surface area contributed by atoms with Crippen molar-refractivity contribution in [2.45, 2.75) is 37.9 Å². The molecule has 6 rings (SSSR count). The van der Waals surface area contributed by atoms with Crippen LogP contribution in [-0.4, -0.2) is 91.1 Å². The third kappa shape index (κ3) is 5.39. The van der Waals surface area contributed by atoms with E-state index in [0.29, 0.717) is 44.1 Å². The van der Waals surface area contributed by atoms with Crippen LogP contribution in [0.2, 0.25) is 0 Å². The van der Waals surface area contributed by atoms with Crippen molar-refractivity contribution < 1.29 is 4.79 Å². The molecule has 1 aliphatic carbocycles. The molecule has 9 nitrogen and oxygen atoms in total. The zero-order valence-electron chi connectivity index (χ0n) is 24.7. The summed E-state index contributed by atoms with van der Waals surface area (Å²) >= 11 is 0. The SMILES string of the molecule is [C-]#[N+]C[C@H]1CN(c2nc(NCC3CCC3N(C)C)nc3c2CCN(c2cccc4ccccc24)C3)CCN1C(=O)C=C. The maximum Gasteiger partial charge on any atom is 0.246 e. The topological polar surface area (TPSA) is 72.2 Å². The molecule has 3 heterocycles. The van der Waals surface area contributed by atoms with Gasteiger partial charge in [0.1, 0.15) is 11.9 Å². The molecule has 3 aliphatic rings. The van der Waals surface area contributed by atoms with Gasteiger partial charge in [-0.2, -0.15) is 4.98 Å². The molecule has 1 saturated heterocycles. The Morgan fingerprint density at radius 1 is 1.12 bits per heavy atom. The number of hydrogen-bond acceptors (Lipinski definition) is 7. The predicted molar refractivity (Wildman–Crippen MR) is 169 cm³/mol. The van der Waals surface area contributed by atoms with Crippen molar-refractivity contribution in [3.8, 4) is 0 Å². The van der Waals surface area contributed by atoms with Gasteiger partial charge in [-0.25, -0.2) is 11.6 Å². The van der Waals surface area contributed by atoms with Gasteiger partial charge in [0.05, 0.1) is 12.2 Å². The smallest absolute Gasteiger partial charge is 0.246 e. The van der Waals surface area contributed by atoms with Gasteiger partial charge in [-0.1, -0.05) is 43.0 Å². The number of carbonyl (C=O) groups is 1. The Balaban J connectivity index is 1.32. The molecule has 0 spiro atoms. The van der Waals surface area contributed by atoms with Crippen molar-refractivity contribution in [1.29, 1.82) is 0 Å². The average Bonchev–Trinajstić information content (AvgIpc) is 2.99. The minimum Gasteiger partial charge on any atom is -0.365 e. The highest BCUT2D eigenvalue weighted by Crippen LogP contribution is 2.35. The lowest BCUT2D eigenvalue weighted by atomic mass is 9.79. The summed E-state index contributed by atoms with van der Waals surface area (Å²) in [6.07, 6.45) is 4.62. The number of nitrogens with zero attached hydrogens (tertiary/aromatic N) is 7. The Hall–Kier alpha value is -4.16. The van der Waals surface area contributed by atoms with Gasteiger partial charge >= 0.3 is 0 Å². The van der Waals surface area contributed by atoms with Gasteiger partial charge in [0.25, 0.3) is 0 Å². The van der Waals surface area contributed by atoms with Crippen LogP contribution in [0.25, 0.3) is 15.6 Å². The van der Waals surface area contributed by atoms with Crippen LogP contribution >= 0.6 is 0 Å². The van der Waals surface area contributed by atoms with E-state index in [2.05, 4.69) is 88.0 Å². The molecule has 9 heteroatoms. The van der Waals surface area contributed by atoms with E-state index in [1.54, 1.807) is 4.90 Å². The zero-order chi connectivity index (χ0) is 29.2. The summed E-state index contributed by atoms with van der Waals surface area (Å²) in [6, 6.07) is 15.4. The molecule has 2 fully saturated rings. The van der Waals surface area contributed by atoms with E-state index in [0.717, 1.165) is 31.0 Å². The normalized spacial score (nSPS) is 22.0. The van der Waals surface area contributed by atoms with Gasteiger partial charge in [-0.15, -0.1) is 0 Å². The number of hydrogen-bond donors (Lipinski definition) is 1. The largest absolute Gasteiger partial charge is 0.365 e. The molecule has 2 unspecified atom stereocenters. The third-order valence-corrected chi connectivity index (χ3v) is 9.26. The molecular weight excluding hydrogens is 524 g/mol. The highest BCUT2D eigenvalue weighted by atomic mass is 16.2. The van der Waals surface area contributed by atoms with E-state index >= 15 is 0 Å². The number of fused-ring (bicyclic) bond motifs is 2. The predicted octanol–water partition coefficient (Wildman–Crippen LogP) is 4.07. The van der Waals surface area contributed by atoms with Crippen LogP contribution in [0, 0.1) is 12.5 Å². The first-order valence-electron chi connectivity index (χ1n) is 15.0. The molecule has 3 aromatic rings. The molecule has 1 N–H and O–H groups in total. The second-order valence-corrected chi connectivity index (χ2v) is 11.9. The lowest BCUT2D eigenvalue weighted by Gasteiger charge is -2.42. The molecule has 42 heavy (non-hydrogen) atoms.